The molecule has 0 aliphatic carbocycles. The van der Waals surface area contributed by atoms with Gasteiger partial charge in [-0.05, 0) is 18.6 Å². The molecular weight excluding hydrogens is 252 g/mol. The van der Waals surface area contributed by atoms with Gasteiger partial charge in [0, 0.05) is 31.9 Å². The van der Waals surface area contributed by atoms with Gasteiger partial charge in [-0.25, -0.2) is 0 Å². The van der Waals surface area contributed by atoms with Crippen LogP contribution < -0.4 is 10.2 Å². The molecule has 100 valence electrons. The minimum Gasteiger partial charge on any atom is -0.372 e. The van der Waals surface area contributed by atoms with Crippen LogP contribution in [0.3, 0.4) is 0 Å². The van der Waals surface area contributed by atoms with Gasteiger partial charge in [-0.1, -0.05) is 18.2 Å². The Morgan fingerprint density at radius 3 is 3.00 bits per heavy atom. The summed E-state index contributed by atoms with van der Waals surface area (Å²) in [5.74, 6) is 0.0306. The summed E-state index contributed by atoms with van der Waals surface area (Å²) in [5, 5.41) is 3.31. The van der Waals surface area contributed by atoms with Gasteiger partial charge in [0.2, 0.25) is 0 Å². The molecule has 18 heavy (non-hydrogen) atoms. The van der Waals surface area contributed by atoms with E-state index in [2.05, 4.69) is 11.4 Å². The molecule has 1 N–H and O–H groups in total. The van der Waals surface area contributed by atoms with Crippen molar-refractivity contribution in [1.29, 1.82) is 0 Å². The fourth-order valence-corrected chi connectivity index (χ4v) is 1.98. The van der Waals surface area contributed by atoms with Crippen molar-refractivity contribution in [2.24, 2.45) is 0 Å². The third kappa shape index (κ3) is 3.45. The number of fused-ring (bicyclic) bond motifs is 1. The standard InChI is InChI=1S/C13H18N2O2.ClH/c1-2-17-10-13(16)15-8-7-14-9-11-5-3-4-6-12(11)15;/h3-6,14H,2,7-10H2,1H3;1H. The molecule has 0 saturated carbocycles. The van der Waals surface area contributed by atoms with Crippen molar-refractivity contribution in [3.05, 3.63) is 29.8 Å². The van der Waals surface area contributed by atoms with Gasteiger partial charge >= 0.3 is 0 Å². The molecule has 0 atom stereocenters. The Labute approximate surface area is 114 Å². The quantitative estimate of drug-likeness (QED) is 0.907. The predicted molar refractivity (Wildman–Crippen MR) is 74.2 cm³/mol. The second-order valence-corrected chi connectivity index (χ2v) is 3.99. The number of ether oxygens (including phenoxy) is 1. The van der Waals surface area contributed by atoms with E-state index in [9.17, 15) is 4.79 Å². The lowest BCUT2D eigenvalue weighted by molar-refractivity contribution is -0.122. The molecule has 1 amide bonds. The smallest absolute Gasteiger partial charge is 0.253 e. The maximum atomic E-state index is 12.0. The number of nitrogens with zero attached hydrogens (tertiary/aromatic N) is 1. The van der Waals surface area contributed by atoms with Crippen LogP contribution in [0.25, 0.3) is 0 Å². The number of hydrogen-bond acceptors (Lipinski definition) is 3. The van der Waals surface area contributed by atoms with E-state index in [4.69, 9.17) is 4.74 Å². The Morgan fingerprint density at radius 1 is 1.44 bits per heavy atom. The van der Waals surface area contributed by atoms with Gasteiger partial charge in [-0.2, -0.15) is 0 Å². The zero-order valence-corrected chi connectivity index (χ0v) is 11.3. The van der Waals surface area contributed by atoms with Crippen LogP contribution in [-0.2, 0) is 16.1 Å². The summed E-state index contributed by atoms with van der Waals surface area (Å²) in [6, 6.07) is 8.00. The van der Waals surface area contributed by atoms with Crippen LogP contribution in [0.1, 0.15) is 12.5 Å². The zero-order valence-electron chi connectivity index (χ0n) is 10.5. The van der Waals surface area contributed by atoms with E-state index in [1.807, 2.05) is 30.0 Å². The second-order valence-electron chi connectivity index (χ2n) is 3.99. The molecule has 1 aliphatic heterocycles. The lowest BCUT2D eigenvalue weighted by atomic mass is 10.1. The highest BCUT2D eigenvalue weighted by Crippen LogP contribution is 2.22. The van der Waals surface area contributed by atoms with Gasteiger partial charge in [0.05, 0.1) is 0 Å². The third-order valence-electron chi connectivity index (χ3n) is 2.84. The fraction of sp³-hybridized carbons (Fsp3) is 0.462. The summed E-state index contributed by atoms with van der Waals surface area (Å²) in [6.07, 6.45) is 0. The Hall–Kier alpha value is -1.10. The molecule has 5 heteroatoms. The molecule has 1 aliphatic rings. The summed E-state index contributed by atoms with van der Waals surface area (Å²) in [6.45, 7) is 4.94. The first kappa shape index (κ1) is 15.0. The molecule has 0 saturated heterocycles. The number of amides is 1. The van der Waals surface area contributed by atoms with Gasteiger partial charge < -0.3 is 15.0 Å². The predicted octanol–water partition coefficient (Wildman–Crippen LogP) is 1.58. The van der Waals surface area contributed by atoms with Crippen LogP contribution in [0.4, 0.5) is 5.69 Å². The number of carbonyl (C=O) groups excluding carboxylic acids is 1. The minimum atomic E-state index is 0. The number of halogens is 1. The molecule has 0 fully saturated rings. The normalized spacial score (nSPS) is 14.4. The highest BCUT2D eigenvalue weighted by atomic mass is 35.5. The Bertz CT molecular complexity index is 398. The van der Waals surface area contributed by atoms with Crippen LogP contribution in [-0.4, -0.2) is 32.2 Å². The van der Waals surface area contributed by atoms with Crippen LogP contribution in [0.2, 0.25) is 0 Å². The summed E-state index contributed by atoms with van der Waals surface area (Å²) in [7, 11) is 0. The molecule has 0 radical (unpaired) electrons. The van der Waals surface area contributed by atoms with Crippen LogP contribution >= 0.6 is 12.4 Å². The van der Waals surface area contributed by atoms with E-state index in [1.54, 1.807) is 0 Å². The van der Waals surface area contributed by atoms with E-state index in [0.717, 1.165) is 24.3 Å². The van der Waals surface area contributed by atoms with Gasteiger partial charge in [0.25, 0.3) is 5.91 Å². The molecule has 2 rings (SSSR count). The minimum absolute atomic E-state index is 0. The molecule has 0 unspecified atom stereocenters. The number of hydrogen-bond donors (Lipinski definition) is 1. The fourth-order valence-electron chi connectivity index (χ4n) is 1.98. The molecule has 0 spiro atoms. The molecule has 1 heterocycles. The summed E-state index contributed by atoms with van der Waals surface area (Å²) in [5.41, 5.74) is 2.16. The Morgan fingerprint density at radius 2 is 2.22 bits per heavy atom. The van der Waals surface area contributed by atoms with E-state index < -0.39 is 0 Å². The lowest BCUT2D eigenvalue weighted by Crippen LogP contribution is -2.37. The molecule has 1 aromatic carbocycles. The molecule has 1 aromatic rings. The first-order valence-electron chi connectivity index (χ1n) is 5.99. The van der Waals surface area contributed by atoms with E-state index in [1.165, 1.54) is 0 Å². The summed E-state index contributed by atoms with van der Waals surface area (Å²) in [4.78, 5) is 13.9. The zero-order chi connectivity index (χ0) is 12.1. The van der Waals surface area contributed by atoms with Crippen LogP contribution in [0.15, 0.2) is 24.3 Å². The van der Waals surface area contributed by atoms with Gasteiger partial charge in [0.15, 0.2) is 0 Å². The van der Waals surface area contributed by atoms with Crippen molar-refractivity contribution in [3.8, 4) is 0 Å². The van der Waals surface area contributed by atoms with Crippen molar-refractivity contribution < 1.29 is 9.53 Å². The number of para-hydroxylation sites is 1. The third-order valence-corrected chi connectivity index (χ3v) is 2.84. The SMILES string of the molecule is CCOCC(=O)N1CCNCc2ccccc21.Cl. The van der Waals surface area contributed by atoms with Gasteiger partial charge in [0.1, 0.15) is 6.61 Å². The van der Waals surface area contributed by atoms with Gasteiger partial charge in [-0.15, -0.1) is 12.4 Å². The maximum absolute atomic E-state index is 12.0. The Kier molecular flexibility index (Phi) is 6.12. The number of rotatable bonds is 3. The highest BCUT2D eigenvalue weighted by molar-refractivity contribution is 5.95. The topological polar surface area (TPSA) is 41.6 Å². The molecular formula is C13H19ClN2O2. The monoisotopic (exact) mass is 270 g/mol. The number of nitrogens with one attached hydrogen (secondary N) is 1. The van der Waals surface area contributed by atoms with E-state index in [-0.39, 0.29) is 24.9 Å². The highest BCUT2D eigenvalue weighted by Gasteiger charge is 2.20. The number of anilines is 1. The van der Waals surface area contributed by atoms with Crippen molar-refractivity contribution in [2.75, 3.05) is 31.2 Å². The largest absolute Gasteiger partial charge is 0.372 e. The maximum Gasteiger partial charge on any atom is 0.253 e. The van der Waals surface area contributed by atoms with Gasteiger partial charge in [-0.3, -0.25) is 4.79 Å². The molecule has 0 aromatic heterocycles. The van der Waals surface area contributed by atoms with E-state index in [0.29, 0.717) is 13.2 Å². The van der Waals surface area contributed by atoms with Crippen molar-refractivity contribution in [1.82, 2.24) is 5.32 Å². The average Bonchev–Trinajstić information content (AvgIpc) is 2.58. The average molecular weight is 271 g/mol. The van der Waals surface area contributed by atoms with Crippen LogP contribution in [0, 0.1) is 0 Å². The first-order chi connectivity index (χ1) is 8.33. The molecule has 4 nitrogen and oxygen atoms in total. The first-order valence-corrected chi connectivity index (χ1v) is 5.99. The summed E-state index contributed by atoms with van der Waals surface area (Å²) >= 11 is 0. The Balaban J connectivity index is 0.00000162. The molecule has 0 bridgehead atoms. The second kappa shape index (κ2) is 7.36. The lowest BCUT2D eigenvalue weighted by Gasteiger charge is -2.22. The van der Waals surface area contributed by atoms with Crippen LogP contribution in [0.5, 0.6) is 0 Å². The number of benzene rings is 1. The van der Waals surface area contributed by atoms with E-state index >= 15 is 0 Å². The van der Waals surface area contributed by atoms with Crippen molar-refractivity contribution in [3.63, 3.8) is 0 Å². The number of carbonyl (C=O) groups is 1. The van der Waals surface area contributed by atoms with Crippen molar-refractivity contribution >= 4 is 24.0 Å². The van der Waals surface area contributed by atoms with Crippen molar-refractivity contribution in [2.45, 2.75) is 13.5 Å². The summed E-state index contributed by atoms with van der Waals surface area (Å²) < 4.78 is 5.19.